The molecule has 18 heavy (non-hydrogen) atoms. The number of aromatic nitrogens is 2. The summed E-state index contributed by atoms with van der Waals surface area (Å²) in [6.07, 6.45) is 2.30. The van der Waals surface area contributed by atoms with Crippen molar-refractivity contribution < 1.29 is 0 Å². The Morgan fingerprint density at radius 2 is 2.00 bits per heavy atom. The Morgan fingerprint density at radius 3 is 2.67 bits per heavy atom. The Bertz CT molecular complexity index is 326. The summed E-state index contributed by atoms with van der Waals surface area (Å²) in [5.41, 5.74) is 1.07. The van der Waals surface area contributed by atoms with Crippen LogP contribution in [0.4, 0.5) is 5.00 Å². The molecule has 0 fully saturated rings. The largest absolute Gasteiger partial charge is 0.374 e. The highest BCUT2D eigenvalue weighted by Gasteiger charge is 2.09. The third-order valence-electron chi connectivity index (χ3n) is 2.66. The molecule has 1 aromatic heterocycles. The zero-order chi connectivity index (χ0) is 13.4. The first-order valence-electron chi connectivity index (χ1n) is 6.51. The predicted octanol–water partition coefficient (Wildman–Crippen LogP) is 1.74. The van der Waals surface area contributed by atoms with Crippen LogP contribution in [0, 0.1) is 0 Å². The van der Waals surface area contributed by atoms with Gasteiger partial charge in [0.05, 0.1) is 0 Å². The predicted molar refractivity (Wildman–Crippen MR) is 78.2 cm³/mol. The Morgan fingerprint density at radius 1 is 1.22 bits per heavy atom. The first-order chi connectivity index (χ1) is 8.63. The second kappa shape index (κ2) is 8.39. The molecule has 0 saturated carbocycles. The minimum atomic E-state index is 0.871. The molecular formula is C12H25N5S. The fourth-order valence-electron chi connectivity index (χ4n) is 1.68. The van der Waals surface area contributed by atoms with Crippen molar-refractivity contribution in [2.45, 2.75) is 26.3 Å². The Hall–Kier alpha value is -0.720. The molecule has 1 aromatic rings. The van der Waals surface area contributed by atoms with Gasteiger partial charge in [0.15, 0.2) is 0 Å². The van der Waals surface area contributed by atoms with E-state index in [-0.39, 0.29) is 0 Å². The van der Waals surface area contributed by atoms with Crippen molar-refractivity contribution in [3.63, 3.8) is 0 Å². The van der Waals surface area contributed by atoms with Gasteiger partial charge in [-0.1, -0.05) is 11.4 Å². The van der Waals surface area contributed by atoms with Crippen LogP contribution in [0.2, 0.25) is 0 Å². The van der Waals surface area contributed by atoms with Gasteiger partial charge in [0, 0.05) is 24.6 Å². The third-order valence-corrected chi connectivity index (χ3v) is 3.38. The zero-order valence-corrected chi connectivity index (χ0v) is 12.8. The minimum absolute atomic E-state index is 0.871. The van der Waals surface area contributed by atoms with Crippen LogP contribution < -0.4 is 5.32 Å². The molecule has 1 heterocycles. The normalized spacial score (nSPS) is 11.4. The molecular weight excluding hydrogens is 246 g/mol. The van der Waals surface area contributed by atoms with Crippen molar-refractivity contribution in [1.82, 2.24) is 19.4 Å². The molecule has 6 heteroatoms. The van der Waals surface area contributed by atoms with Crippen molar-refractivity contribution in [2.24, 2.45) is 0 Å². The number of nitrogens with zero attached hydrogens (tertiary/aromatic N) is 4. The van der Waals surface area contributed by atoms with Crippen molar-refractivity contribution in [2.75, 3.05) is 46.1 Å². The molecule has 0 aliphatic heterocycles. The van der Waals surface area contributed by atoms with E-state index < -0.39 is 0 Å². The molecule has 0 atom stereocenters. The number of hydrogen-bond acceptors (Lipinski definition) is 6. The fourth-order valence-corrected chi connectivity index (χ4v) is 2.27. The van der Waals surface area contributed by atoms with Crippen LogP contribution in [0.15, 0.2) is 0 Å². The summed E-state index contributed by atoms with van der Waals surface area (Å²) < 4.78 is 4.03. The van der Waals surface area contributed by atoms with Gasteiger partial charge in [0.1, 0.15) is 10.7 Å². The summed E-state index contributed by atoms with van der Waals surface area (Å²) in [7, 11) is 6.35. The summed E-state index contributed by atoms with van der Waals surface area (Å²) in [5.74, 6) is 0. The van der Waals surface area contributed by atoms with Crippen LogP contribution in [0.3, 0.4) is 0 Å². The Labute approximate surface area is 114 Å². The van der Waals surface area contributed by atoms with Gasteiger partial charge in [-0.15, -0.1) is 5.10 Å². The van der Waals surface area contributed by atoms with E-state index in [1.807, 2.05) is 0 Å². The number of nitrogens with one attached hydrogen (secondary N) is 1. The lowest BCUT2D eigenvalue weighted by atomic mass is 10.3. The Kier molecular flexibility index (Phi) is 7.15. The highest BCUT2D eigenvalue weighted by atomic mass is 32.1. The van der Waals surface area contributed by atoms with E-state index in [1.165, 1.54) is 18.0 Å². The van der Waals surface area contributed by atoms with Crippen LogP contribution in [0.5, 0.6) is 0 Å². The molecule has 0 aliphatic carbocycles. The lowest BCUT2D eigenvalue weighted by molar-refractivity contribution is 0.292. The average molecular weight is 271 g/mol. The zero-order valence-electron chi connectivity index (χ0n) is 11.9. The van der Waals surface area contributed by atoms with Crippen LogP contribution in [0.25, 0.3) is 0 Å². The fraction of sp³-hybridized carbons (Fsp3) is 0.833. The van der Waals surface area contributed by atoms with Crippen molar-refractivity contribution in [3.05, 3.63) is 5.69 Å². The lowest BCUT2D eigenvalue weighted by Gasteiger charge is -2.17. The molecule has 104 valence electrons. The molecule has 0 radical (unpaired) electrons. The molecule has 0 unspecified atom stereocenters. The van der Waals surface area contributed by atoms with Gasteiger partial charge in [-0.25, -0.2) is 0 Å². The summed E-state index contributed by atoms with van der Waals surface area (Å²) in [4.78, 5) is 4.52. The first-order valence-corrected chi connectivity index (χ1v) is 7.29. The van der Waals surface area contributed by atoms with Crippen LogP contribution in [-0.2, 0) is 6.54 Å². The van der Waals surface area contributed by atoms with Gasteiger partial charge < -0.3 is 15.1 Å². The standard InChI is InChI=1S/C12H25N5S/c1-5-7-13-12-11(14-15-18-12)10-17(4)9-6-8-16(2)3/h13H,5-10H2,1-4H3. The molecule has 0 spiro atoms. The quantitative estimate of drug-likeness (QED) is 0.741. The molecule has 0 saturated heterocycles. The molecule has 0 amide bonds. The van der Waals surface area contributed by atoms with Crippen LogP contribution in [0.1, 0.15) is 25.5 Å². The number of hydrogen-bond donors (Lipinski definition) is 1. The summed E-state index contributed by atoms with van der Waals surface area (Å²) >= 11 is 1.45. The Balaban J connectivity index is 2.34. The molecule has 0 bridgehead atoms. The second-order valence-corrected chi connectivity index (χ2v) is 5.62. The van der Waals surface area contributed by atoms with Gasteiger partial charge in [0.2, 0.25) is 0 Å². The van der Waals surface area contributed by atoms with E-state index in [0.29, 0.717) is 0 Å². The van der Waals surface area contributed by atoms with Gasteiger partial charge >= 0.3 is 0 Å². The van der Waals surface area contributed by atoms with Gasteiger partial charge in [0.25, 0.3) is 0 Å². The van der Waals surface area contributed by atoms with Crippen LogP contribution >= 0.6 is 11.5 Å². The van der Waals surface area contributed by atoms with E-state index in [9.17, 15) is 0 Å². The van der Waals surface area contributed by atoms with Crippen molar-refractivity contribution in [1.29, 1.82) is 0 Å². The third kappa shape index (κ3) is 5.75. The number of anilines is 1. The molecule has 5 nitrogen and oxygen atoms in total. The summed E-state index contributed by atoms with van der Waals surface area (Å²) in [6.45, 7) is 6.23. The monoisotopic (exact) mass is 271 g/mol. The molecule has 1 rings (SSSR count). The summed E-state index contributed by atoms with van der Waals surface area (Å²) in [5, 5.41) is 8.71. The number of rotatable bonds is 9. The average Bonchev–Trinajstić information content (AvgIpc) is 2.73. The van der Waals surface area contributed by atoms with E-state index in [0.717, 1.165) is 43.3 Å². The highest BCUT2D eigenvalue weighted by Crippen LogP contribution is 2.18. The van der Waals surface area contributed by atoms with Crippen LogP contribution in [-0.4, -0.2) is 60.2 Å². The second-order valence-electron chi connectivity index (χ2n) is 4.87. The van der Waals surface area contributed by atoms with E-state index >= 15 is 0 Å². The lowest BCUT2D eigenvalue weighted by Crippen LogP contribution is -2.24. The van der Waals surface area contributed by atoms with Crippen molar-refractivity contribution in [3.8, 4) is 0 Å². The van der Waals surface area contributed by atoms with Gasteiger partial charge in [-0.05, 0) is 47.1 Å². The maximum atomic E-state index is 4.21. The minimum Gasteiger partial charge on any atom is -0.374 e. The molecule has 0 aliphatic rings. The maximum absolute atomic E-state index is 4.21. The first kappa shape index (κ1) is 15.3. The smallest absolute Gasteiger partial charge is 0.134 e. The van der Waals surface area contributed by atoms with Crippen molar-refractivity contribution >= 4 is 16.5 Å². The molecule has 0 aromatic carbocycles. The maximum Gasteiger partial charge on any atom is 0.134 e. The van der Waals surface area contributed by atoms with E-state index in [2.05, 4.69) is 52.8 Å². The highest BCUT2D eigenvalue weighted by molar-refractivity contribution is 7.10. The van der Waals surface area contributed by atoms with E-state index in [1.54, 1.807) is 0 Å². The topological polar surface area (TPSA) is 44.3 Å². The SMILES string of the molecule is CCCNc1snnc1CN(C)CCCN(C)C. The summed E-state index contributed by atoms with van der Waals surface area (Å²) in [6, 6.07) is 0. The van der Waals surface area contributed by atoms with Gasteiger partial charge in [-0.3, -0.25) is 0 Å². The van der Waals surface area contributed by atoms with E-state index in [4.69, 9.17) is 0 Å². The molecule has 1 N–H and O–H groups in total. The van der Waals surface area contributed by atoms with Gasteiger partial charge in [-0.2, -0.15) is 0 Å².